The number of hydrogen-bond donors (Lipinski definition) is 1. The third kappa shape index (κ3) is 4.17. The van der Waals surface area contributed by atoms with Crippen LogP contribution >= 0.6 is 11.6 Å². The van der Waals surface area contributed by atoms with Gasteiger partial charge in [-0.05, 0) is 30.3 Å². The summed E-state index contributed by atoms with van der Waals surface area (Å²) in [4.78, 5) is 12.5. The zero-order valence-corrected chi connectivity index (χ0v) is 14.0. The number of amides is 1. The first-order valence-corrected chi connectivity index (χ1v) is 8.04. The van der Waals surface area contributed by atoms with E-state index in [9.17, 15) is 9.18 Å². The Labute approximate surface area is 150 Å². The summed E-state index contributed by atoms with van der Waals surface area (Å²) in [5.74, 6) is -0.540. The maximum absolute atomic E-state index is 13.7. The van der Waals surface area contributed by atoms with Gasteiger partial charge in [-0.2, -0.15) is 0 Å². The molecule has 3 aromatic carbocycles. The lowest BCUT2D eigenvalue weighted by molar-refractivity contribution is 0.102. The first-order valence-electron chi connectivity index (χ1n) is 7.66. The molecule has 1 amide bonds. The summed E-state index contributed by atoms with van der Waals surface area (Å²) in [5, 5.41) is 3.15. The van der Waals surface area contributed by atoms with Crippen molar-refractivity contribution in [2.24, 2.45) is 0 Å². The van der Waals surface area contributed by atoms with Gasteiger partial charge in [0.1, 0.15) is 18.2 Å². The standard InChI is InChI=1S/C20H15ClFNO2/c21-16-9-3-1-7-14(16)13-25-19-12-6-2-8-15(19)20(24)23-18-11-5-4-10-17(18)22/h1-12H,13H2,(H,23,24). The van der Waals surface area contributed by atoms with Gasteiger partial charge in [0.2, 0.25) is 0 Å². The topological polar surface area (TPSA) is 38.3 Å². The Balaban J connectivity index is 1.77. The SMILES string of the molecule is O=C(Nc1ccccc1F)c1ccccc1OCc1ccccc1Cl. The quantitative estimate of drug-likeness (QED) is 0.673. The summed E-state index contributed by atoms with van der Waals surface area (Å²) >= 11 is 6.12. The van der Waals surface area contributed by atoms with Gasteiger partial charge in [-0.1, -0.05) is 54.1 Å². The highest BCUT2D eigenvalue weighted by Crippen LogP contribution is 2.23. The monoisotopic (exact) mass is 355 g/mol. The van der Waals surface area contributed by atoms with E-state index in [2.05, 4.69) is 5.32 Å². The van der Waals surface area contributed by atoms with E-state index in [0.29, 0.717) is 16.3 Å². The second kappa shape index (κ2) is 7.81. The molecule has 0 aromatic heterocycles. The van der Waals surface area contributed by atoms with E-state index in [4.69, 9.17) is 16.3 Å². The van der Waals surface area contributed by atoms with Crippen molar-refractivity contribution < 1.29 is 13.9 Å². The molecule has 0 saturated heterocycles. The van der Waals surface area contributed by atoms with Crippen molar-refractivity contribution in [3.05, 3.63) is 94.8 Å². The molecule has 0 atom stereocenters. The van der Waals surface area contributed by atoms with Crippen LogP contribution in [0.4, 0.5) is 10.1 Å². The van der Waals surface area contributed by atoms with E-state index >= 15 is 0 Å². The molecule has 126 valence electrons. The van der Waals surface area contributed by atoms with Gasteiger partial charge in [0, 0.05) is 10.6 Å². The van der Waals surface area contributed by atoms with Crippen LogP contribution < -0.4 is 10.1 Å². The first kappa shape index (κ1) is 17.0. The number of benzene rings is 3. The lowest BCUT2D eigenvalue weighted by Gasteiger charge is -2.12. The number of carbonyl (C=O) groups excluding carboxylic acids is 1. The first-order chi connectivity index (χ1) is 12.1. The molecular formula is C20H15ClFNO2. The van der Waals surface area contributed by atoms with E-state index < -0.39 is 11.7 Å². The molecule has 5 heteroatoms. The molecule has 0 bridgehead atoms. The Morgan fingerprint density at radius 1 is 0.960 bits per heavy atom. The van der Waals surface area contributed by atoms with Gasteiger partial charge in [0.25, 0.3) is 5.91 Å². The van der Waals surface area contributed by atoms with E-state index in [1.807, 2.05) is 18.2 Å². The molecule has 25 heavy (non-hydrogen) atoms. The number of nitrogens with one attached hydrogen (secondary N) is 1. The number of halogens is 2. The minimum absolute atomic E-state index is 0.119. The third-order valence-corrected chi connectivity index (χ3v) is 3.96. The minimum atomic E-state index is -0.495. The predicted molar refractivity (Wildman–Crippen MR) is 96.6 cm³/mol. The average molecular weight is 356 g/mol. The number of rotatable bonds is 5. The molecule has 0 radical (unpaired) electrons. The van der Waals surface area contributed by atoms with E-state index in [1.54, 1.807) is 42.5 Å². The molecule has 0 saturated carbocycles. The number of ether oxygens (including phenoxy) is 1. The molecule has 0 aliphatic rings. The molecule has 0 aliphatic heterocycles. The van der Waals surface area contributed by atoms with Crippen LogP contribution in [0.5, 0.6) is 5.75 Å². The van der Waals surface area contributed by atoms with Crippen LogP contribution in [0.1, 0.15) is 15.9 Å². The third-order valence-electron chi connectivity index (χ3n) is 3.59. The van der Waals surface area contributed by atoms with Gasteiger partial charge in [-0.3, -0.25) is 4.79 Å². The highest BCUT2D eigenvalue weighted by molar-refractivity contribution is 6.31. The van der Waals surface area contributed by atoms with Crippen LogP contribution in [0.25, 0.3) is 0 Å². The fraction of sp³-hybridized carbons (Fsp3) is 0.0500. The number of hydrogen-bond acceptors (Lipinski definition) is 2. The zero-order valence-electron chi connectivity index (χ0n) is 13.2. The Bertz CT molecular complexity index is 898. The zero-order chi connectivity index (χ0) is 17.6. The molecule has 0 heterocycles. The number of para-hydroxylation sites is 2. The van der Waals surface area contributed by atoms with Gasteiger partial charge in [-0.15, -0.1) is 0 Å². The highest BCUT2D eigenvalue weighted by Gasteiger charge is 2.14. The van der Waals surface area contributed by atoms with Crippen molar-refractivity contribution in [1.82, 2.24) is 0 Å². The second-order valence-electron chi connectivity index (χ2n) is 5.31. The van der Waals surface area contributed by atoms with Crippen LogP contribution in [0.2, 0.25) is 5.02 Å². The summed E-state index contributed by atoms with van der Waals surface area (Å²) in [6.07, 6.45) is 0. The molecule has 3 aromatic rings. The van der Waals surface area contributed by atoms with Crippen molar-refractivity contribution in [3.8, 4) is 5.75 Å². The Morgan fingerprint density at radius 3 is 2.44 bits per heavy atom. The van der Waals surface area contributed by atoms with Gasteiger partial charge >= 0.3 is 0 Å². The Hall–Kier alpha value is -2.85. The smallest absolute Gasteiger partial charge is 0.259 e. The number of carbonyl (C=O) groups is 1. The van der Waals surface area contributed by atoms with E-state index in [-0.39, 0.29) is 12.3 Å². The molecule has 0 aliphatic carbocycles. The van der Waals surface area contributed by atoms with Crippen LogP contribution in [-0.2, 0) is 6.61 Å². The molecule has 3 nitrogen and oxygen atoms in total. The molecular weight excluding hydrogens is 341 g/mol. The molecule has 3 rings (SSSR count). The fourth-order valence-corrected chi connectivity index (χ4v) is 2.49. The lowest BCUT2D eigenvalue weighted by atomic mass is 10.1. The Kier molecular flexibility index (Phi) is 5.31. The van der Waals surface area contributed by atoms with E-state index in [0.717, 1.165) is 5.56 Å². The van der Waals surface area contributed by atoms with Crippen molar-refractivity contribution in [2.45, 2.75) is 6.61 Å². The maximum Gasteiger partial charge on any atom is 0.259 e. The summed E-state index contributed by atoms with van der Waals surface area (Å²) in [5.41, 5.74) is 1.25. The van der Waals surface area contributed by atoms with Gasteiger partial charge < -0.3 is 10.1 Å². The minimum Gasteiger partial charge on any atom is -0.488 e. The maximum atomic E-state index is 13.7. The molecule has 0 unspecified atom stereocenters. The van der Waals surface area contributed by atoms with Gasteiger partial charge in [0.15, 0.2) is 0 Å². The number of anilines is 1. The highest BCUT2D eigenvalue weighted by atomic mass is 35.5. The molecule has 0 spiro atoms. The summed E-state index contributed by atoms with van der Waals surface area (Å²) in [6, 6.07) is 20.1. The van der Waals surface area contributed by atoms with Crippen LogP contribution in [0, 0.1) is 5.82 Å². The second-order valence-corrected chi connectivity index (χ2v) is 5.72. The predicted octanol–water partition coefficient (Wildman–Crippen LogP) is 5.31. The normalized spacial score (nSPS) is 10.3. The summed E-state index contributed by atoms with van der Waals surface area (Å²) < 4.78 is 19.5. The lowest BCUT2D eigenvalue weighted by Crippen LogP contribution is -2.14. The van der Waals surface area contributed by atoms with Gasteiger partial charge in [0.05, 0.1) is 11.3 Å². The van der Waals surface area contributed by atoms with Crippen molar-refractivity contribution in [1.29, 1.82) is 0 Å². The van der Waals surface area contributed by atoms with Crippen LogP contribution in [0.15, 0.2) is 72.8 Å². The van der Waals surface area contributed by atoms with Crippen molar-refractivity contribution >= 4 is 23.2 Å². The average Bonchev–Trinajstić information content (AvgIpc) is 2.63. The molecule has 1 N–H and O–H groups in total. The largest absolute Gasteiger partial charge is 0.488 e. The van der Waals surface area contributed by atoms with Crippen molar-refractivity contribution in [3.63, 3.8) is 0 Å². The van der Waals surface area contributed by atoms with Crippen LogP contribution in [-0.4, -0.2) is 5.91 Å². The summed E-state index contributed by atoms with van der Waals surface area (Å²) in [6.45, 7) is 0.226. The summed E-state index contributed by atoms with van der Waals surface area (Å²) in [7, 11) is 0. The molecule has 0 fully saturated rings. The van der Waals surface area contributed by atoms with Crippen LogP contribution in [0.3, 0.4) is 0 Å². The van der Waals surface area contributed by atoms with E-state index in [1.165, 1.54) is 12.1 Å². The van der Waals surface area contributed by atoms with Gasteiger partial charge in [-0.25, -0.2) is 4.39 Å². The van der Waals surface area contributed by atoms with Crippen molar-refractivity contribution in [2.75, 3.05) is 5.32 Å². The fourth-order valence-electron chi connectivity index (χ4n) is 2.30. The Morgan fingerprint density at radius 2 is 1.64 bits per heavy atom.